The van der Waals surface area contributed by atoms with Gasteiger partial charge >= 0.3 is 0 Å². The highest BCUT2D eigenvalue weighted by atomic mass is 16.2. The van der Waals surface area contributed by atoms with Crippen molar-refractivity contribution in [1.82, 2.24) is 4.57 Å². The molecule has 0 fully saturated rings. The molecule has 2 aromatic carbocycles. The topological polar surface area (TPSA) is 68.3 Å². The van der Waals surface area contributed by atoms with Gasteiger partial charge in [0, 0.05) is 25.2 Å². The lowest BCUT2D eigenvalue weighted by Gasteiger charge is -2.19. The minimum atomic E-state index is -0.417. The van der Waals surface area contributed by atoms with E-state index in [2.05, 4.69) is 0 Å². The van der Waals surface area contributed by atoms with Gasteiger partial charge in [-0.1, -0.05) is 36.4 Å². The summed E-state index contributed by atoms with van der Waals surface area (Å²) in [5.41, 5.74) is 7.37. The van der Waals surface area contributed by atoms with Crippen molar-refractivity contribution in [2.75, 3.05) is 17.7 Å². The van der Waals surface area contributed by atoms with E-state index < -0.39 is 11.5 Å². The number of carbonyl (C=O) groups is 1. The van der Waals surface area contributed by atoms with Crippen LogP contribution in [0.5, 0.6) is 0 Å². The van der Waals surface area contributed by atoms with Crippen LogP contribution in [0.2, 0.25) is 0 Å². The number of anilines is 2. The zero-order valence-corrected chi connectivity index (χ0v) is 13.0. The van der Waals surface area contributed by atoms with E-state index in [1.165, 1.54) is 9.47 Å². The lowest BCUT2D eigenvalue weighted by Crippen LogP contribution is -2.35. The maximum atomic E-state index is 12.8. The van der Waals surface area contributed by atoms with E-state index in [1.54, 1.807) is 26.2 Å². The van der Waals surface area contributed by atoms with Crippen LogP contribution >= 0.6 is 0 Å². The fourth-order valence-electron chi connectivity index (χ4n) is 2.66. The van der Waals surface area contributed by atoms with Crippen molar-refractivity contribution in [2.24, 2.45) is 7.05 Å². The molecule has 23 heavy (non-hydrogen) atoms. The summed E-state index contributed by atoms with van der Waals surface area (Å²) in [6, 6.07) is 16.4. The normalized spacial score (nSPS) is 10.7. The summed E-state index contributed by atoms with van der Waals surface area (Å²) < 4.78 is 1.46. The number of rotatable bonds is 2. The number of fused-ring (bicyclic) bond motifs is 1. The summed E-state index contributed by atoms with van der Waals surface area (Å²) in [5.74, 6) is -0.417. The zero-order valence-electron chi connectivity index (χ0n) is 13.0. The van der Waals surface area contributed by atoms with Crippen LogP contribution in [-0.2, 0) is 7.05 Å². The van der Waals surface area contributed by atoms with Crippen LogP contribution in [-0.4, -0.2) is 17.5 Å². The Bertz CT molecular complexity index is 946. The Kier molecular flexibility index (Phi) is 3.62. The Hall–Kier alpha value is -3.08. The SMILES string of the molecule is CN(C(=O)c1c(N)c2ccccc2n(C)c1=O)c1ccccc1. The van der Waals surface area contributed by atoms with Gasteiger partial charge in [-0.15, -0.1) is 0 Å². The lowest BCUT2D eigenvalue weighted by molar-refractivity contribution is 0.0992. The van der Waals surface area contributed by atoms with Crippen LogP contribution in [0, 0.1) is 0 Å². The highest BCUT2D eigenvalue weighted by Gasteiger charge is 2.23. The molecule has 0 bridgehead atoms. The van der Waals surface area contributed by atoms with Gasteiger partial charge < -0.3 is 15.2 Å². The van der Waals surface area contributed by atoms with Crippen LogP contribution < -0.4 is 16.2 Å². The third-order valence-corrected chi connectivity index (χ3v) is 4.01. The molecule has 1 heterocycles. The number of amides is 1. The van der Waals surface area contributed by atoms with Gasteiger partial charge in [0.15, 0.2) is 0 Å². The summed E-state index contributed by atoms with van der Waals surface area (Å²) in [5, 5.41) is 0.694. The average molecular weight is 307 g/mol. The molecule has 0 saturated heterocycles. The third-order valence-electron chi connectivity index (χ3n) is 4.01. The number of aromatic nitrogens is 1. The summed E-state index contributed by atoms with van der Waals surface area (Å²) >= 11 is 0. The second kappa shape index (κ2) is 5.61. The second-order valence-corrected chi connectivity index (χ2v) is 5.37. The quantitative estimate of drug-likeness (QED) is 0.790. The van der Waals surface area contributed by atoms with E-state index in [1.807, 2.05) is 42.5 Å². The van der Waals surface area contributed by atoms with Crippen molar-refractivity contribution in [1.29, 1.82) is 0 Å². The monoisotopic (exact) mass is 307 g/mol. The van der Waals surface area contributed by atoms with Crippen LogP contribution in [0.25, 0.3) is 10.9 Å². The first-order chi connectivity index (χ1) is 11.0. The molecule has 5 heteroatoms. The minimum absolute atomic E-state index is 0.00227. The Morgan fingerprint density at radius 3 is 2.35 bits per heavy atom. The van der Waals surface area contributed by atoms with Gasteiger partial charge in [-0.25, -0.2) is 0 Å². The number of nitrogens with zero attached hydrogens (tertiary/aromatic N) is 2. The number of carbonyl (C=O) groups excluding carboxylic acids is 1. The van der Waals surface area contributed by atoms with Gasteiger partial charge in [0.05, 0.1) is 11.2 Å². The fourth-order valence-corrected chi connectivity index (χ4v) is 2.66. The van der Waals surface area contributed by atoms with Gasteiger partial charge in [0.25, 0.3) is 11.5 Å². The molecule has 5 nitrogen and oxygen atoms in total. The smallest absolute Gasteiger partial charge is 0.265 e. The van der Waals surface area contributed by atoms with Crippen molar-refractivity contribution in [2.45, 2.75) is 0 Å². The van der Waals surface area contributed by atoms with E-state index in [9.17, 15) is 9.59 Å². The molecule has 3 aromatic rings. The van der Waals surface area contributed by atoms with E-state index >= 15 is 0 Å². The highest BCUT2D eigenvalue weighted by Crippen LogP contribution is 2.23. The predicted octanol–water partition coefficient (Wildman–Crippen LogP) is 2.40. The first-order valence-electron chi connectivity index (χ1n) is 7.22. The summed E-state index contributed by atoms with van der Waals surface area (Å²) in [4.78, 5) is 26.9. The Labute approximate surface area is 133 Å². The molecular weight excluding hydrogens is 290 g/mol. The fraction of sp³-hybridized carbons (Fsp3) is 0.111. The number of pyridine rings is 1. The number of para-hydroxylation sites is 2. The van der Waals surface area contributed by atoms with Gasteiger partial charge in [-0.2, -0.15) is 0 Å². The molecule has 3 rings (SSSR count). The molecule has 0 atom stereocenters. The van der Waals surface area contributed by atoms with Crippen LogP contribution in [0.1, 0.15) is 10.4 Å². The molecule has 0 radical (unpaired) electrons. The standard InChI is InChI=1S/C18H17N3O2/c1-20(12-8-4-3-5-9-12)17(22)15-16(19)13-10-6-7-11-14(13)21(2)18(15)23/h3-11H,19H2,1-2H3. The molecule has 0 unspecified atom stereocenters. The van der Waals surface area contributed by atoms with Crippen LogP contribution in [0.4, 0.5) is 11.4 Å². The van der Waals surface area contributed by atoms with Crippen molar-refractivity contribution < 1.29 is 4.79 Å². The third kappa shape index (κ3) is 2.36. The van der Waals surface area contributed by atoms with E-state index in [-0.39, 0.29) is 11.3 Å². The molecule has 1 aromatic heterocycles. The predicted molar refractivity (Wildman–Crippen MR) is 92.8 cm³/mol. The molecule has 116 valence electrons. The zero-order chi connectivity index (χ0) is 16.6. The molecule has 0 aliphatic rings. The van der Waals surface area contributed by atoms with Crippen LogP contribution in [0.15, 0.2) is 59.4 Å². The van der Waals surface area contributed by atoms with Crippen molar-refractivity contribution >= 4 is 28.2 Å². The first kappa shape index (κ1) is 14.8. The van der Waals surface area contributed by atoms with Gasteiger partial charge in [-0.3, -0.25) is 9.59 Å². The summed E-state index contributed by atoms with van der Waals surface area (Å²) in [6.45, 7) is 0. The summed E-state index contributed by atoms with van der Waals surface area (Å²) in [7, 11) is 3.27. The van der Waals surface area contributed by atoms with Gasteiger partial charge in [0.1, 0.15) is 5.56 Å². The molecule has 1 amide bonds. The molecule has 0 saturated carbocycles. The second-order valence-electron chi connectivity index (χ2n) is 5.37. The Morgan fingerprint density at radius 1 is 1.04 bits per heavy atom. The Morgan fingerprint density at radius 2 is 1.65 bits per heavy atom. The van der Waals surface area contributed by atoms with Crippen LogP contribution in [0.3, 0.4) is 0 Å². The molecule has 0 spiro atoms. The molecule has 2 N–H and O–H groups in total. The molecule has 0 aliphatic carbocycles. The van der Waals surface area contributed by atoms with Crippen molar-refractivity contribution in [3.8, 4) is 0 Å². The number of hydrogen-bond donors (Lipinski definition) is 1. The van der Waals surface area contributed by atoms with Gasteiger partial charge in [-0.05, 0) is 18.2 Å². The molecular formula is C18H17N3O2. The van der Waals surface area contributed by atoms with E-state index in [4.69, 9.17) is 5.73 Å². The number of hydrogen-bond acceptors (Lipinski definition) is 3. The van der Waals surface area contributed by atoms with E-state index in [0.29, 0.717) is 16.6 Å². The lowest BCUT2D eigenvalue weighted by atomic mass is 10.1. The maximum Gasteiger partial charge on any atom is 0.265 e. The largest absolute Gasteiger partial charge is 0.397 e. The number of nitrogens with two attached hydrogens (primary N) is 1. The first-order valence-corrected chi connectivity index (χ1v) is 7.22. The number of aryl methyl sites for hydroxylation is 1. The van der Waals surface area contributed by atoms with Crippen molar-refractivity contribution in [3.05, 3.63) is 70.5 Å². The van der Waals surface area contributed by atoms with Gasteiger partial charge in [0.2, 0.25) is 0 Å². The highest BCUT2D eigenvalue weighted by molar-refractivity contribution is 6.12. The summed E-state index contributed by atoms with van der Waals surface area (Å²) in [6.07, 6.45) is 0. The molecule has 0 aliphatic heterocycles. The maximum absolute atomic E-state index is 12.8. The number of nitrogen functional groups attached to an aromatic ring is 1. The minimum Gasteiger partial charge on any atom is -0.397 e. The van der Waals surface area contributed by atoms with Crippen molar-refractivity contribution in [3.63, 3.8) is 0 Å². The number of benzene rings is 2. The average Bonchev–Trinajstić information content (AvgIpc) is 2.60. The Balaban J connectivity index is 2.20. The van der Waals surface area contributed by atoms with E-state index in [0.717, 1.165) is 0 Å².